The van der Waals surface area contributed by atoms with Crippen LogP contribution in [0.2, 0.25) is 0 Å². The van der Waals surface area contributed by atoms with Crippen LogP contribution in [0.15, 0.2) is 18.2 Å². The van der Waals surface area contributed by atoms with Crippen LogP contribution in [0.3, 0.4) is 0 Å². The molecule has 3 N–H and O–H groups in total. The molecule has 0 aliphatic carbocycles. The number of rotatable bonds is 6. The maximum atomic E-state index is 14.9. The van der Waals surface area contributed by atoms with Gasteiger partial charge in [-0.1, -0.05) is 6.07 Å². The lowest BCUT2D eigenvalue weighted by Crippen LogP contribution is -2.58. The molecule has 1 aromatic rings. The molecule has 210 valence electrons. The normalized spacial score (nSPS) is 22.5. The predicted octanol–water partition coefficient (Wildman–Crippen LogP) is 1.75. The lowest BCUT2D eigenvalue weighted by Gasteiger charge is -2.36. The van der Waals surface area contributed by atoms with Crippen molar-refractivity contribution in [3.8, 4) is 0 Å². The van der Waals surface area contributed by atoms with Gasteiger partial charge in [-0.2, -0.15) is 0 Å². The third kappa shape index (κ3) is 6.54. The van der Waals surface area contributed by atoms with Crippen molar-refractivity contribution in [2.24, 2.45) is 11.7 Å². The number of hydrazine groups is 1. The van der Waals surface area contributed by atoms with Crippen LogP contribution in [0.5, 0.6) is 0 Å². The van der Waals surface area contributed by atoms with Gasteiger partial charge < -0.3 is 24.5 Å². The van der Waals surface area contributed by atoms with Crippen LogP contribution in [0.25, 0.3) is 0 Å². The van der Waals surface area contributed by atoms with Gasteiger partial charge in [-0.15, -0.1) is 0 Å². The summed E-state index contributed by atoms with van der Waals surface area (Å²) in [5.41, 5.74) is 7.68. The molecule has 1 unspecified atom stereocenters. The fourth-order valence-electron chi connectivity index (χ4n) is 4.33. The van der Waals surface area contributed by atoms with Crippen molar-refractivity contribution in [3.05, 3.63) is 29.6 Å². The van der Waals surface area contributed by atoms with Crippen molar-refractivity contribution in [2.75, 3.05) is 13.7 Å². The summed E-state index contributed by atoms with van der Waals surface area (Å²) in [4.78, 5) is 39.1. The molecule has 3 rings (SSSR count). The van der Waals surface area contributed by atoms with E-state index < -0.39 is 65.6 Å². The zero-order valence-corrected chi connectivity index (χ0v) is 23.4. The number of esters is 2. The minimum absolute atomic E-state index is 0.195. The number of halogens is 1. The Kier molecular flexibility index (Phi) is 8.62. The molecule has 0 saturated carbocycles. The Hall–Kier alpha value is -2.54. The number of nitrogens with one attached hydrogen (secondary N) is 1. The van der Waals surface area contributed by atoms with Gasteiger partial charge in [0.2, 0.25) is 0 Å². The molecule has 0 radical (unpaired) electrons. The Balaban J connectivity index is 1.95. The average Bonchev–Trinajstić information content (AvgIpc) is 3.03. The van der Waals surface area contributed by atoms with Crippen molar-refractivity contribution in [1.29, 1.82) is 0 Å². The molecule has 2 aliphatic rings. The molecule has 2 heterocycles. The predicted molar refractivity (Wildman–Crippen MR) is 138 cm³/mol. The van der Waals surface area contributed by atoms with Crippen LogP contribution < -0.4 is 16.6 Å². The van der Waals surface area contributed by atoms with E-state index in [9.17, 15) is 18.8 Å². The minimum Gasteiger partial charge on any atom is -0.468 e. The largest absolute Gasteiger partial charge is 0.494 e. The van der Waals surface area contributed by atoms with Crippen LogP contribution in [0, 0.1) is 11.7 Å². The highest BCUT2D eigenvalue weighted by atomic mass is 19.1. The number of nitrogens with two attached hydrogens (primary N) is 1. The Morgan fingerprint density at radius 3 is 2.32 bits per heavy atom. The highest BCUT2D eigenvalue weighted by Crippen LogP contribution is 2.37. The summed E-state index contributed by atoms with van der Waals surface area (Å²) >= 11 is 0. The molecule has 1 aromatic carbocycles. The highest BCUT2D eigenvalue weighted by molar-refractivity contribution is 6.62. The zero-order chi connectivity index (χ0) is 28.6. The molecule has 2 fully saturated rings. The SMILES string of the molecule is COC(=O)[C@@H]1CCCN(C(=O)[C@@H](C(=O)OC(C)(C)C)C(N)c2cc(F)cc(B3OC(C)(C)C(C)(C)O3)c2)N1. The van der Waals surface area contributed by atoms with Crippen molar-refractivity contribution in [2.45, 2.75) is 90.2 Å². The first-order valence-electron chi connectivity index (χ1n) is 12.8. The first-order valence-corrected chi connectivity index (χ1v) is 12.8. The van der Waals surface area contributed by atoms with Crippen LogP contribution in [-0.2, 0) is 33.2 Å². The van der Waals surface area contributed by atoms with E-state index in [2.05, 4.69) is 5.43 Å². The third-order valence-corrected chi connectivity index (χ3v) is 7.08. The van der Waals surface area contributed by atoms with Gasteiger partial charge in [-0.3, -0.25) is 19.4 Å². The topological polar surface area (TPSA) is 129 Å². The second kappa shape index (κ2) is 10.9. The molecular weight excluding hydrogens is 496 g/mol. The van der Waals surface area contributed by atoms with Gasteiger partial charge in [0.15, 0.2) is 5.92 Å². The second-order valence-electron chi connectivity index (χ2n) is 11.8. The summed E-state index contributed by atoms with van der Waals surface area (Å²) in [5.74, 6) is -4.23. The van der Waals surface area contributed by atoms with Gasteiger partial charge in [0.25, 0.3) is 5.91 Å². The first kappa shape index (κ1) is 30.0. The molecule has 38 heavy (non-hydrogen) atoms. The van der Waals surface area contributed by atoms with Crippen LogP contribution in [0.1, 0.15) is 72.9 Å². The minimum atomic E-state index is -1.52. The van der Waals surface area contributed by atoms with E-state index in [1.54, 1.807) is 26.8 Å². The fraction of sp³-hybridized carbons (Fsp3) is 0.654. The number of carbonyl (C=O) groups is 3. The number of benzene rings is 1. The zero-order valence-electron chi connectivity index (χ0n) is 23.4. The summed E-state index contributed by atoms with van der Waals surface area (Å²) in [6.45, 7) is 12.8. The van der Waals surface area contributed by atoms with Crippen LogP contribution in [0.4, 0.5) is 4.39 Å². The average molecular weight is 535 g/mol. The second-order valence-corrected chi connectivity index (χ2v) is 11.8. The highest BCUT2D eigenvalue weighted by Gasteiger charge is 2.52. The van der Waals surface area contributed by atoms with Gasteiger partial charge in [-0.05, 0) is 84.5 Å². The smallest absolute Gasteiger partial charge is 0.468 e. The molecule has 10 nitrogen and oxygen atoms in total. The Morgan fingerprint density at radius 2 is 1.76 bits per heavy atom. The molecule has 1 amide bonds. The quantitative estimate of drug-likeness (QED) is 0.318. The molecule has 3 atom stereocenters. The molecule has 0 aromatic heterocycles. The molecular formula is C26H39BFN3O7. The number of ether oxygens (including phenoxy) is 2. The van der Waals surface area contributed by atoms with Crippen molar-refractivity contribution in [3.63, 3.8) is 0 Å². The molecule has 12 heteroatoms. The van der Waals surface area contributed by atoms with Gasteiger partial charge >= 0.3 is 19.1 Å². The molecule has 2 aliphatic heterocycles. The number of amides is 1. The number of carbonyl (C=O) groups excluding carboxylic acids is 3. The van der Waals surface area contributed by atoms with Crippen molar-refractivity contribution < 1.29 is 37.6 Å². The van der Waals surface area contributed by atoms with Gasteiger partial charge in [0, 0.05) is 6.54 Å². The first-order chi connectivity index (χ1) is 17.5. The summed E-state index contributed by atoms with van der Waals surface area (Å²) in [7, 11) is 0.382. The van der Waals surface area contributed by atoms with E-state index in [4.69, 9.17) is 24.5 Å². The Bertz CT molecular complexity index is 1060. The maximum absolute atomic E-state index is 14.9. The molecule has 0 spiro atoms. The molecule has 0 bridgehead atoms. The van der Waals surface area contributed by atoms with Gasteiger partial charge in [0.05, 0.1) is 24.4 Å². The lowest BCUT2D eigenvalue weighted by atomic mass is 9.77. The van der Waals surface area contributed by atoms with E-state index in [-0.39, 0.29) is 12.1 Å². The Morgan fingerprint density at radius 1 is 1.16 bits per heavy atom. The van der Waals surface area contributed by atoms with Gasteiger partial charge in [-0.25, -0.2) is 9.82 Å². The van der Waals surface area contributed by atoms with Crippen LogP contribution >= 0.6 is 0 Å². The standard InChI is InChI=1S/C26H39BFN3O7/c1-24(2,3)36-23(34)19(21(32)31-11-9-10-18(30-31)22(33)35-8)20(29)15-12-16(14-17(28)13-15)27-37-25(4,5)26(6,7)38-27/h12-14,18-20,30H,9-11,29H2,1-8H3/t18-,19-,20?/m0/s1. The van der Waals surface area contributed by atoms with Crippen molar-refractivity contribution in [1.82, 2.24) is 10.4 Å². The number of hydrogen-bond acceptors (Lipinski definition) is 9. The van der Waals surface area contributed by atoms with E-state index in [0.29, 0.717) is 18.3 Å². The van der Waals surface area contributed by atoms with Crippen LogP contribution in [-0.4, -0.2) is 66.5 Å². The van der Waals surface area contributed by atoms with E-state index in [0.717, 1.165) is 0 Å². The number of hydrogen-bond donors (Lipinski definition) is 2. The number of methoxy groups -OCH3 is 1. The lowest BCUT2D eigenvalue weighted by molar-refractivity contribution is -0.168. The van der Waals surface area contributed by atoms with Gasteiger partial charge in [0.1, 0.15) is 17.5 Å². The van der Waals surface area contributed by atoms with E-state index >= 15 is 0 Å². The summed E-state index contributed by atoms with van der Waals surface area (Å²) in [6, 6.07) is 1.99. The van der Waals surface area contributed by atoms with E-state index in [1.165, 1.54) is 24.3 Å². The van der Waals surface area contributed by atoms with Crippen molar-refractivity contribution >= 4 is 30.4 Å². The Labute approximate surface area is 223 Å². The number of nitrogens with zero attached hydrogens (tertiary/aromatic N) is 1. The monoisotopic (exact) mass is 535 g/mol. The maximum Gasteiger partial charge on any atom is 0.494 e. The molecule has 2 saturated heterocycles. The summed E-state index contributed by atoms with van der Waals surface area (Å²) in [5, 5.41) is 1.19. The summed E-state index contributed by atoms with van der Waals surface area (Å²) in [6.07, 6.45) is 0.960. The fourth-order valence-corrected chi connectivity index (χ4v) is 4.33. The summed E-state index contributed by atoms with van der Waals surface area (Å²) < 4.78 is 37.3. The third-order valence-electron chi connectivity index (χ3n) is 7.08. The van der Waals surface area contributed by atoms with E-state index in [1.807, 2.05) is 27.7 Å².